The molecule has 2 aromatic rings. The molecule has 0 radical (unpaired) electrons. The van der Waals surface area contributed by atoms with Gasteiger partial charge < -0.3 is 14.8 Å². The van der Waals surface area contributed by atoms with Gasteiger partial charge in [0, 0.05) is 51.2 Å². The monoisotopic (exact) mass is 391 g/mol. The first kappa shape index (κ1) is 19.5. The average Bonchev–Trinajstić information content (AvgIpc) is 3.12. The van der Waals surface area contributed by atoms with Gasteiger partial charge >= 0.3 is 0 Å². The van der Waals surface area contributed by atoms with Crippen LogP contribution in [0.5, 0.6) is 0 Å². The zero-order chi connectivity index (χ0) is 19.4. The van der Waals surface area contributed by atoms with Crippen LogP contribution in [-0.4, -0.2) is 54.2 Å². The highest BCUT2D eigenvalue weighted by Gasteiger charge is 2.30. The van der Waals surface area contributed by atoms with Crippen LogP contribution in [0.25, 0.3) is 0 Å². The number of imidazole rings is 1. The summed E-state index contributed by atoms with van der Waals surface area (Å²) in [5.41, 5.74) is 1.39. The number of benzene rings is 1. The number of rotatable bonds is 6. The zero-order valence-electron chi connectivity index (χ0n) is 15.6. The Hall–Kier alpha value is -2.23. The standard InChI is InChI=1S/C18H25N5O3S/c1-3-27(25,26)21-12-14-4-6-15(7-5-14)18(24)23-11-8-19-13-16(23)17-20-9-10-22(17)2/h4-7,9-10,16,19,21H,3,8,11-13H2,1-2H3. The minimum atomic E-state index is -3.24. The van der Waals surface area contributed by atoms with Gasteiger partial charge in [0.25, 0.3) is 5.91 Å². The number of hydrogen-bond acceptors (Lipinski definition) is 5. The van der Waals surface area contributed by atoms with Crippen molar-refractivity contribution < 1.29 is 13.2 Å². The SMILES string of the molecule is CCS(=O)(=O)NCc1ccc(C(=O)N2CCNCC2c2nccn2C)cc1. The number of nitrogens with one attached hydrogen (secondary N) is 2. The van der Waals surface area contributed by atoms with E-state index in [-0.39, 0.29) is 24.2 Å². The summed E-state index contributed by atoms with van der Waals surface area (Å²) in [4.78, 5) is 19.3. The van der Waals surface area contributed by atoms with E-state index >= 15 is 0 Å². The molecule has 0 aliphatic carbocycles. The summed E-state index contributed by atoms with van der Waals surface area (Å²) in [6.45, 7) is 3.81. The molecule has 1 aliphatic heterocycles. The second-order valence-electron chi connectivity index (χ2n) is 6.54. The third-order valence-electron chi connectivity index (χ3n) is 4.74. The number of carbonyl (C=O) groups is 1. The van der Waals surface area contributed by atoms with Gasteiger partial charge in [-0.2, -0.15) is 0 Å². The highest BCUT2D eigenvalue weighted by molar-refractivity contribution is 7.89. The third kappa shape index (κ3) is 4.55. The quantitative estimate of drug-likeness (QED) is 0.754. The van der Waals surface area contributed by atoms with Crippen LogP contribution in [-0.2, 0) is 23.6 Å². The Morgan fingerprint density at radius 3 is 2.70 bits per heavy atom. The Morgan fingerprint density at radius 1 is 1.33 bits per heavy atom. The van der Waals surface area contributed by atoms with Crippen LogP contribution in [0.4, 0.5) is 0 Å². The number of carbonyl (C=O) groups excluding carboxylic acids is 1. The lowest BCUT2D eigenvalue weighted by atomic mass is 10.1. The molecule has 0 bridgehead atoms. The molecule has 9 heteroatoms. The Labute approximate surface area is 159 Å². The first-order chi connectivity index (χ1) is 12.9. The van der Waals surface area contributed by atoms with E-state index in [0.717, 1.165) is 17.9 Å². The Kier molecular flexibility index (Phi) is 5.93. The molecule has 1 unspecified atom stereocenters. The van der Waals surface area contributed by atoms with Gasteiger partial charge in [0.2, 0.25) is 10.0 Å². The minimum absolute atomic E-state index is 0.0428. The van der Waals surface area contributed by atoms with Crippen molar-refractivity contribution in [3.8, 4) is 0 Å². The molecule has 1 amide bonds. The van der Waals surface area contributed by atoms with Crippen LogP contribution in [0.1, 0.15) is 34.7 Å². The summed E-state index contributed by atoms with van der Waals surface area (Å²) in [6.07, 6.45) is 3.61. The van der Waals surface area contributed by atoms with Crippen molar-refractivity contribution in [3.63, 3.8) is 0 Å². The molecule has 2 N–H and O–H groups in total. The van der Waals surface area contributed by atoms with Crippen molar-refractivity contribution in [1.82, 2.24) is 24.5 Å². The fourth-order valence-electron chi connectivity index (χ4n) is 3.10. The molecule has 2 heterocycles. The molecule has 1 atom stereocenters. The normalized spacial score (nSPS) is 17.9. The highest BCUT2D eigenvalue weighted by Crippen LogP contribution is 2.23. The Morgan fingerprint density at radius 2 is 2.07 bits per heavy atom. The Balaban J connectivity index is 1.73. The van der Waals surface area contributed by atoms with Gasteiger partial charge in [0.05, 0.1) is 5.75 Å². The maximum Gasteiger partial charge on any atom is 0.254 e. The number of hydrogen-bond donors (Lipinski definition) is 2. The Bertz CT molecular complexity index is 892. The number of sulfonamides is 1. The second-order valence-corrected chi connectivity index (χ2v) is 8.63. The summed E-state index contributed by atoms with van der Waals surface area (Å²) < 4.78 is 27.5. The molecule has 1 aliphatic rings. The molecule has 1 aromatic heterocycles. The van der Waals surface area contributed by atoms with Crippen LogP contribution in [0.2, 0.25) is 0 Å². The van der Waals surface area contributed by atoms with Crippen LogP contribution < -0.4 is 10.0 Å². The third-order valence-corrected chi connectivity index (χ3v) is 6.08. The maximum absolute atomic E-state index is 13.0. The van der Waals surface area contributed by atoms with E-state index in [4.69, 9.17) is 0 Å². The van der Waals surface area contributed by atoms with Gasteiger partial charge in [-0.05, 0) is 24.6 Å². The molecular weight excluding hydrogens is 366 g/mol. The van der Waals surface area contributed by atoms with Gasteiger partial charge in [-0.1, -0.05) is 12.1 Å². The van der Waals surface area contributed by atoms with Crippen molar-refractivity contribution in [1.29, 1.82) is 0 Å². The van der Waals surface area contributed by atoms with Crippen LogP contribution in [0, 0.1) is 0 Å². The number of amides is 1. The lowest BCUT2D eigenvalue weighted by Gasteiger charge is -2.35. The van der Waals surface area contributed by atoms with Gasteiger partial charge in [-0.15, -0.1) is 0 Å². The minimum Gasteiger partial charge on any atom is -0.336 e. The molecule has 3 rings (SSSR count). The van der Waals surface area contributed by atoms with E-state index in [9.17, 15) is 13.2 Å². The molecule has 1 saturated heterocycles. The van der Waals surface area contributed by atoms with Crippen molar-refractivity contribution >= 4 is 15.9 Å². The lowest BCUT2D eigenvalue weighted by molar-refractivity contribution is 0.0621. The smallest absolute Gasteiger partial charge is 0.254 e. The predicted octanol–water partition coefficient (Wildman–Crippen LogP) is 0.646. The molecule has 1 fully saturated rings. The highest BCUT2D eigenvalue weighted by atomic mass is 32.2. The van der Waals surface area contributed by atoms with Crippen LogP contribution in [0.3, 0.4) is 0 Å². The molecular formula is C18H25N5O3S. The van der Waals surface area contributed by atoms with Crippen molar-refractivity contribution in [2.75, 3.05) is 25.4 Å². The van der Waals surface area contributed by atoms with Gasteiger partial charge in [-0.3, -0.25) is 4.79 Å². The summed E-state index contributed by atoms with van der Waals surface area (Å²) in [5, 5.41) is 3.32. The topological polar surface area (TPSA) is 96.3 Å². The van der Waals surface area contributed by atoms with Gasteiger partial charge in [0.1, 0.15) is 11.9 Å². The fourth-order valence-corrected chi connectivity index (χ4v) is 3.69. The zero-order valence-corrected chi connectivity index (χ0v) is 16.4. The number of nitrogens with zero attached hydrogens (tertiary/aromatic N) is 3. The molecule has 0 spiro atoms. The van der Waals surface area contributed by atoms with E-state index in [2.05, 4.69) is 15.0 Å². The fraction of sp³-hybridized carbons (Fsp3) is 0.444. The van der Waals surface area contributed by atoms with E-state index in [1.807, 2.05) is 22.7 Å². The largest absolute Gasteiger partial charge is 0.336 e. The lowest BCUT2D eigenvalue weighted by Crippen LogP contribution is -2.49. The number of piperazine rings is 1. The number of aryl methyl sites for hydroxylation is 1. The summed E-state index contributed by atoms with van der Waals surface area (Å²) in [6, 6.07) is 6.93. The van der Waals surface area contributed by atoms with Crippen molar-refractivity contribution in [2.45, 2.75) is 19.5 Å². The van der Waals surface area contributed by atoms with Gasteiger partial charge in [0.15, 0.2) is 0 Å². The second kappa shape index (κ2) is 8.20. The van der Waals surface area contributed by atoms with E-state index in [1.165, 1.54) is 0 Å². The molecule has 1 aromatic carbocycles. The molecule has 0 saturated carbocycles. The van der Waals surface area contributed by atoms with Gasteiger partial charge in [-0.25, -0.2) is 18.1 Å². The molecule has 146 valence electrons. The number of aromatic nitrogens is 2. The summed E-state index contributed by atoms with van der Waals surface area (Å²) >= 11 is 0. The van der Waals surface area contributed by atoms with Crippen molar-refractivity contribution in [3.05, 3.63) is 53.6 Å². The summed E-state index contributed by atoms with van der Waals surface area (Å²) in [5.74, 6) is 0.840. The predicted molar refractivity (Wildman–Crippen MR) is 103 cm³/mol. The van der Waals surface area contributed by atoms with Crippen LogP contribution >= 0.6 is 0 Å². The summed E-state index contributed by atoms with van der Waals surface area (Å²) in [7, 11) is -1.32. The average molecular weight is 391 g/mol. The first-order valence-electron chi connectivity index (χ1n) is 8.96. The van der Waals surface area contributed by atoms with Crippen LogP contribution in [0.15, 0.2) is 36.7 Å². The first-order valence-corrected chi connectivity index (χ1v) is 10.6. The maximum atomic E-state index is 13.0. The van der Waals surface area contributed by atoms with Crippen molar-refractivity contribution in [2.24, 2.45) is 7.05 Å². The van der Waals surface area contributed by atoms with E-state index < -0.39 is 10.0 Å². The molecule has 8 nitrogen and oxygen atoms in total. The van der Waals surface area contributed by atoms with E-state index in [1.54, 1.807) is 37.4 Å². The van der Waals surface area contributed by atoms with E-state index in [0.29, 0.717) is 18.7 Å². The molecule has 27 heavy (non-hydrogen) atoms.